The van der Waals surface area contributed by atoms with Gasteiger partial charge < -0.3 is 19.9 Å². The van der Waals surface area contributed by atoms with Gasteiger partial charge in [-0.15, -0.1) is 0 Å². The molecule has 1 aliphatic heterocycles. The van der Waals surface area contributed by atoms with Crippen LogP contribution >= 0.6 is 23.2 Å². The van der Waals surface area contributed by atoms with Crippen LogP contribution in [0, 0.1) is 6.92 Å². The molecule has 4 aromatic rings. The molecule has 44 heavy (non-hydrogen) atoms. The van der Waals surface area contributed by atoms with Gasteiger partial charge in [-0.1, -0.05) is 47.5 Å². The van der Waals surface area contributed by atoms with Crippen molar-refractivity contribution in [1.82, 2.24) is 20.2 Å². The number of likely N-dealkylation sites (tertiary alicyclic amines) is 1. The van der Waals surface area contributed by atoms with Gasteiger partial charge in [0.15, 0.2) is 0 Å². The molecule has 0 saturated carbocycles. The predicted molar refractivity (Wildman–Crippen MR) is 172 cm³/mol. The number of amides is 3. The van der Waals surface area contributed by atoms with Crippen molar-refractivity contribution in [2.24, 2.45) is 0 Å². The Bertz CT molecular complexity index is 1740. The number of carbonyl (C=O) groups excluding carboxylic acids is 3. The second kappa shape index (κ2) is 13.9. The maximum atomic E-state index is 12.9. The predicted octanol–water partition coefficient (Wildman–Crippen LogP) is 5.85. The van der Waals surface area contributed by atoms with E-state index >= 15 is 0 Å². The zero-order valence-corrected chi connectivity index (χ0v) is 25.9. The first-order chi connectivity index (χ1) is 21.2. The van der Waals surface area contributed by atoms with Crippen LogP contribution in [0.4, 0.5) is 5.69 Å². The SMILES string of the molecule is Cc1ccc2cccc(OCc3c(Cl)ccc(N(C)C(=O)CNC(=O)C=Cc4ccc(C(=O)N5CCCC5)nc4)c3Cl)c2n1. The number of hydrogen-bond donors (Lipinski definition) is 1. The molecule has 0 bridgehead atoms. The number of benzene rings is 2. The minimum absolute atomic E-state index is 0.0616. The highest BCUT2D eigenvalue weighted by Crippen LogP contribution is 2.35. The van der Waals surface area contributed by atoms with Gasteiger partial charge in [0.2, 0.25) is 11.8 Å². The van der Waals surface area contributed by atoms with Gasteiger partial charge in [-0.05, 0) is 61.7 Å². The van der Waals surface area contributed by atoms with Crippen LogP contribution in [0.5, 0.6) is 5.75 Å². The van der Waals surface area contributed by atoms with E-state index in [1.54, 1.807) is 42.3 Å². The Hall–Kier alpha value is -4.47. The average molecular weight is 633 g/mol. The number of aryl methyl sites for hydroxylation is 1. The molecular weight excluding hydrogens is 601 g/mol. The van der Waals surface area contributed by atoms with Gasteiger partial charge in [-0.2, -0.15) is 0 Å². The number of halogens is 2. The van der Waals surface area contributed by atoms with Crippen molar-refractivity contribution >= 4 is 63.6 Å². The summed E-state index contributed by atoms with van der Waals surface area (Å²) >= 11 is 13.2. The number of carbonyl (C=O) groups is 3. The number of likely N-dealkylation sites (N-methyl/N-ethyl adjacent to an activating group) is 1. The molecule has 1 saturated heterocycles. The molecule has 9 nitrogen and oxygen atoms in total. The standard InChI is InChI=1S/C33H31Cl2N5O4/c1-21-8-11-23-6-5-7-28(32(23)38-21)44-20-24-25(34)12-14-27(31(24)35)39(2)30(42)19-37-29(41)15-10-22-9-13-26(36-18-22)33(43)40-16-3-4-17-40/h5-15,18H,3-4,16-17,19-20H2,1-2H3,(H,37,41). The first-order valence-corrected chi connectivity index (χ1v) is 14.9. The van der Waals surface area contributed by atoms with E-state index in [4.69, 9.17) is 27.9 Å². The molecular formula is C33H31Cl2N5O4. The summed E-state index contributed by atoms with van der Waals surface area (Å²) < 4.78 is 6.08. The van der Waals surface area contributed by atoms with Gasteiger partial charge in [0, 0.05) is 54.1 Å². The normalized spacial score (nSPS) is 13.0. The highest BCUT2D eigenvalue weighted by molar-refractivity contribution is 6.38. The summed E-state index contributed by atoms with van der Waals surface area (Å²) in [6.07, 6.45) is 6.42. The Kier molecular flexibility index (Phi) is 9.77. The summed E-state index contributed by atoms with van der Waals surface area (Å²) in [7, 11) is 1.57. The number of para-hydroxylation sites is 1. The van der Waals surface area contributed by atoms with Gasteiger partial charge in [-0.3, -0.25) is 19.4 Å². The fourth-order valence-corrected chi connectivity index (χ4v) is 5.43. The fourth-order valence-electron chi connectivity index (χ4n) is 4.82. The van der Waals surface area contributed by atoms with Crippen LogP contribution < -0.4 is 15.0 Å². The fraction of sp³-hybridized carbons (Fsp3) is 0.242. The van der Waals surface area contributed by atoms with Crippen LogP contribution in [-0.2, 0) is 16.2 Å². The smallest absolute Gasteiger partial charge is 0.272 e. The lowest BCUT2D eigenvalue weighted by Crippen LogP contribution is -2.37. The number of aromatic nitrogens is 2. The lowest BCUT2D eigenvalue weighted by Gasteiger charge is -2.21. The monoisotopic (exact) mass is 631 g/mol. The summed E-state index contributed by atoms with van der Waals surface area (Å²) in [4.78, 5) is 49.8. The summed E-state index contributed by atoms with van der Waals surface area (Å²) in [5.74, 6) is -0.343. The molecule has 5 rings (SSSR count). The second-order valence-electron chi connectivity index (χ2n) is 10.4. The number of ether oxygens (including phenoxy) is 1. The summed E-state index contributed by atoms with van der Waals surface area (Å²) in [5.41, 5.74) is 3.56. The molecule has 0 radical (unpaired) electrons. The number of fused-ring (bicyclic) bond motifs is 1. The lowest BCUT2D eigenvalue weighted by atomic mass is 10.1. The molecule has 2 aromatic heterocycles. The average Bonchev–Trinajstić information content (AvgIpc) is 3.57. The molecule has 1 fully saturated rings. The van der Waals surface area contributed by atoms with Crippen molar-refractivity contribution in [3.05, 3.63) is 99.4 Å². The van der Waals surface area contributed by atoms with E-state index in [2.05, 4.69) is 15.3 Å². The largest absolute Gasteiger partial charge is 0.487 e. The maximum Gasteiger partial charge on any atom is 0.272 e. The van der Waals surface area contributed by atoms with E-state index in [0.29, 0.717) is 33.3 Å². The molecule has 2 aromatic carbocycles. The number of nitrogens with one attached hydrogen (secondary N) is 1. The van der Waals surface area contributed by atoms with Crippen molar-refractivity contribution in [2.45, 2.75) is 26.4 Å². The molecule has 1 N–H and O–H groups in total. The van der Waals surface area contributed by atoms with Crippen LogP contribution in [-0.4, -0.2) is 59.3 Å². The topological polar surface area (TPSA) is 105 Å². The van der Waals surface area contributed by atoms with Gasteiger partial charge >= 0.3 is 0 Å². The van der Waals surface area contributed by atoms with E-state index in [1.165, 1.54) is 17.2 Å². The summed E-state index contributed by atoms with van der Waals surface area (Å²) in [5, 5.41) is 4.19. The first kappa shape index (κ1) is 31.0. The highest BCUT2D eigenvalue weighted by Gasteiger charge is 2.21. The Morgan fingerprint density at radius 3 is 2.59 bits per heavy atom. The first-order valence-electron chi connectivity index (χ1n) is 14.1. The van der Waals surface area contributed by atoms with Crippen molar-refractivity contribution in [2.75, 3.05) is 31.6 Å². The van der Waals surface area contributed by atoms with Gasteiger partial charge in [-0.25, -0.2) is 4.98 Å². The van der Waals surface area contributed by atoms with Crippen molar-refractivity contribution in [3.8, 4) is 5.75 Å². The zero-order chi connectivity index (χ0) is 31.2. The van der Waals surface area contributed by atoms with Gasteiger partial charge in [0.25, 0.3) is 5.91 Å². The van der Waals surface area contributed by atoms with E-state index in [-0.39, 0.29) is 30.0 Å². The van der Waals surface area contributed by atoms with Crippen LogP contribution in [0.15, 0.2) is 66.9 Å². The zero-order valence-electron chi connectivity index (χ0n) is 24.3. The molecule has 0 unspecified atom stereocenters. The van der Waals surface area contributed by atoms with Crippen LogP contribution in [0.2, 0.25) is 10.0 Å². The van der Waals surface area contributed by atoms with E-state index < -0.39 is 5.91 Å². The minimum atomic E-state index is -0.459. The highest BCUT2D eigenvalue weighted by atomic mass is 35.5. The van der Waals surface area contributed by atoms with Crippen molar-refractivity contribution in [1.29, 1.82) is 0 Å². The van der Waals surface area contributed by atoms with Gasteiger partial charge in [0.05, 0.1) is 17.3 Å². The summed E-state index contributed by atoms with van der Waals surface area (Å²) in [6, 6.07) is 16.2. The summed E-state index contributed by atoms with van der Waals surface area (Å²) in [6.45, 7) is 3.22. The van der Waals surface area contributed by atoms with Crippen LogP contribution in [0.3, 0.4) is 0 Å². The number of anilines is 1. The Balaban J connectivity index is 1.18. The van der Waals surface area contributed by atoms with E-state index in [1.807, 2.05) is 37.3 Å². The quantitative estimate of drug-likeness (QED) is 0.232. The number of rotatable bonds is 9. The lowest BCUT2D eigenvalue weighted by molar-refractivity contribution is -0.122. The Morgan fingerprint density at radius 1 is 1.05 bits per heavy atom. The van der Waals surface area contributed by atoms with E-state index in [9.17, 15) is 14.4 Å². The van der Waals surface area contributed by atoms with Crippen LogP contribution in [0.1, 0.15) is 40.2 Å². The molecule has 0 atom stereocenters. The third kappa shape index (κ3) is 7.18. The maximum absolute atomic E-state index is 12.9. The number of pyridine rings is 2. The number of nitrogens with zero attached hydrogens (tertiary/aromatic N) is 4. The molecule has 3 amide bonds. The Labute approximate surface area is 265 Å². The molecule has 3 heterocycles. The van der Waals surface area contributed by atoms with Crippen molar-refractivity contribution < 1.29 is 19.1 Å². The van der Waals surface area contributed by atoms with Crippen LogP contribution in [0.25, 0.3) is 17.0 Å². The third-order valence-electron chi connectivity index (χ3n) is 7.34. The molecule has 0 aliphatic carbocycles. The number of hydrogen-bond acceptors (Lipinski definition) is 6. The molecule has 1 aliphatic rings. The molecule has 11 heteroatoms. The van der Waals surface area contributed by atoms with Crippen molar-refractivity contribution in [3.63, 3.8) is 0 Å². The third-order valence-corrected chi connectivity index (χ3v) is 8.11. The van der Waals surface area contributed by atoms with Gasteiger partial charge in [0.1, 0.15) is 23.6 Å². The second-order valence-corrected chi connectivity index (χ2v) is 11.2. The van der Waals surface area contributed by atoms with E-state index in [0.717, 1.165) is 42.5 Å². The molecule has 226 valence electrons. The Morgan fingerprint density at radius 2 is 1.84 bits per heavy atom. The molecule has 0 spiro atoms. The minimum Gasteiger partial charge on any atom is -0.487 e.